The van der Waals surface area contributed by atoms with Crippen LogP contribution in [0.4, 0.5) is 0 Å². The van der Waals surface area contributed by atoms with Gasteiger partial charge in [0.2, 0.25) is 0 Å². The molecule has 0 fully saturated rings. The van der Waals surface area contributed by atoms with Crippen molar-refractivity contribution in [1.29, 1.82) is 0 Å². The first-order valence-electron chi connectivity index (χ1n) is 10.6. The summed E-state index contributed by atoms with van der Waals surface area (Å²) in [6.07, 6.45) is 26.4. The van der Waals surface area contributed by atoms with Gasteiger partial charge < -0.3 is 4.98 Å². The first kappa shape index (κ1) is 22.2. The molecular weight excluding hydrogens is 282 g/mol. The Morgan fingerprint density at radius 2 is 0.727 bits per heavy atom. The fourth-order valence-electron chi connectivity index (χ4n) is 3.20. The minimum absolute atomic E-state index is 1.16. The first-order valence-corrected chi connectivity index (χ1v) is 11.6. The SMILES string of the molecule is CCCCCCCCCCCCCCCCCCCCN[SiH3]. The lowest BCUT2D eigenvalue weighted by Gasteiger charge is -2.04. The Balaban J connectivity index is 2.91. The summed E-state index contributed by atoms with van der Waals surface area (Å²) in [7, 11) is 1.16. The van der Waals surface area contributed by atoms with E-state index in [-0.39, 0.29) is 0 Å². The predicted octanol–water partition coefficient (Wildman–Crippen LogP) is 5.90. The largest absolute Gasteiger partial charge is 0.345 e. The molecule has 0 bridgehead atoms. The minimum atomic E-state index is 1.16. The molecular formula is C20H45NSi. The van der Waals surface area contributed by atoms with Crippen LogP contribution < -0.4 is 4.98 Å². The van der Waals surface area contributed by atoms with E-state index in [4.69, 9.17) is 0 Å². The molecule has 0 saturated heterocycles. The molecule has 0 amide bonds. The van der Waals surface area contributed by atoms with E-state index < -0.39 is 0 Å². The summed E-state index contributed by atoms with van der Waals surface area (Å²) in [4.78, 5) is 3.36. The standard InChI is InChI=1S/C20H45NSi/c1-2-3-4-5-6-7-8-9-10-11-12-13-14-15-16-17-18-19-20-21-22/h21H,2-20H2,1,22H3. The summed E-state index contributed by atoms with van der Waals surface area (Å²) in [5.41, 5.74) is 0. The third-order valence-electron chi connectivity index (χ3n) is 4.78. The molecule has 0 aliphatic heterocycles. The topological polar surface area (TPSA) is 12.0 Å². The number of unbranched alkanes of at least 4 members (excludes halogenated alkanes) is 17. The van der Waals surface area contributed by atoms with E-state index in [9.17, 15) is 0 Å². The molecule has 0 spiro atoms. The van der Waals surface area contributed by atoms with Crippen molar-refractivity contribution in [2.24, 2.45) is 0 Å². The molecule has 134 valence electrons. The maximum absolute atomic E-state index is 3.36. The van der Waals surface area contributed by atoms with Crippen LogP contribution in [0.25, 0.3) is 0 Å². The second-order valence-corrected chi connectivity index (χ2v) is 7.82. The highest BCUT2D eigenvalue weighted by atomic mass is 28.2. The van der Waals surface area contributed by atoms with Crippen LogP contribution >= 0.6 is 0 Å². The van der Waals surface area contributed by atoms with Gasteiger partial charge in [-0.25, -0.2) is 0 Å². The van der Waals surface area contributed by atoms with Crippen LogP contribution in [0.1, 0.15) is 122 Å². The Labute approximate surface area is 144 Å². The average Bonchev–Trinajstić information content (AvgIpc) is 2.54. The molecule has 0 unspecified atom stereocenters. The van der Waals surface area contributed by atoms with E-state index >= 15 is 0 Å². The van der Waals surface area contributed by atoms with E-state index in [1.165, 1.54) is 122 Å². The zero-order valence-electron chi connectivity index (χ0n) is 15.9. The van der Waals surface area contributed by atoms with Crippen molar-refractivity contribution < 1.29 is 0 Å². The van der Waals surface area contributed by atoms with E-state index in [1.54, 1.807) is 0 Å². The third kappa shape index (κ3) is 20.2. The summed E-state index contributed by atoms with van der Waals surface area (Å²) in [6, 6.07) is 0. The molecule has 0 aliphatic rings. The highest BCUT2D eigenvalue weighted by Gasteiger charge is 1.94. The normalized spacial score (nSPS) is 11.3. The Kier molecular flexibility index (Phi) is 21.3. The van der Waals surface area contributed by atoms with Crippen LogP contribution in [0.3, 0.4) is 0 Å². The van der Waals surface area contributed by atoms with Gasteiger partial charge in [-0.1, -0.05) is 116 Å². The molecule has 22 heavy (non-hydrogen) atoms. The summed E-state index contributed by atoms with van der Waals surface area (Å²) < 4.78 is 0. The lowest BCUT2D eigenvalue weighted by Crippen LogP contribution is -2.09. The van der Waals surface area contributed by atoms with Crippen LogP contribution in [-0.4, -0.2) is 16.9 Å². The predicted molar refractivity (Wildman–Crippen MR) is 107 cm³/mol. The monoisotopic (exact) mass is 327 g/mol. The van der Waals surface area contributed by atoms with Gasteiger partial charge in [0.15, 0.2) is 0 Å². The van der Waals surface area contributed by atoms with Gasteiger partial charge in [0, 0.05) is 0 Å². The molecule has 0 aromatic carbocycles. The van der Waals surface area contributed by atoms with Crippen molar-refractivity contribution in [3.8, 4) is 0 Å². The van der Waals surface area contributed by atoms with Gasteiger partial charge >= 0.3 is 0 Å². The van der Waals surface area contributed by atoms with Gasteiger partial charge in [-0.3, -0.25) is 0 Å². The fraction of sp³-hybridized carbons (Fsp3) is 1.00. The van der Waals surface area contributed by atoms with Gasteiger partial charge in [-0.15, -0.1) is 0 Å². The molecule has 0 atom stereocenters. The van der Waals surface area contributed by atoms with Crippen molar-refractivity contribution in [2.75, 3.05) is 6.54 Å². The van der Waals surface area contributed by atoms with Crippen LogP contribution in [-0.2, 0) is 0 Å². The van der Waals surface area contributed by atoms with Gasteiger partial charge in [0.1, 0.15) is 0 Å². The zero-order valence-corrected chi connectivity index (χ0v) is 17.9. The maximum Gasteiger partial charge on any atom is 0.0749 e. The quantitative estimate of drug-likeness (QED) is 0.230. The van der Waals surface area contributed by atoms with Crippen molar-refractivity contribution >= 4 is 10.4 Å². The molecule has 1 nitrogen and oxygen atoms in total. The molecule has 0 aliphatic carbocycles. The molecule has 0 aromatic rings. The lowest BCUT2D eigenvalue weighted by molar-refractivity contribution is 0.525. The van der Waals surface area contributed by atoms with Crippen LogP contribution in [0, 0.1) is 0 Å². The summed E-state index contributed by atoms with van der Waals surface area (Å²) in [5.74, 6) is 0. The second-order valence-electron chi connectivity index (χ2n) is 7.11. The average molecular weight is 328 g/mol. The number of hydrogen-bond donors (Lipinski definition) is 1. The van der Waals surface area contributed by atoms with Crippen LogP contribution in [0.5, 0.6) is 0 Å². The number of nitrogens with one attached hydrogen (secondary N) is 1. The Morgan fingerprint density at radius 1 is 0.455 bits per heavy atom. The Morgan fingerprint density at radius 3 is 1.00 bits per heavy atom. The molecule has 2 heteroatoms. The molecule has 0 aromatic heterocycles. The fourth-order valence-corrected chi connectivity index (χ4v) is 3.56. The molecule has 0 rings (SSSR count). The summed E-state index contributed by atoms with van der Waals surface area (Å²) in [5, 5.41) is 0. The smallest absolute Gasteiger partial charge is 0.0749 e. The van der Waals surface area contributed by atoms with Crippen molar-refractivity contribution in [1.82, 2.24) is 4.98 Å². The number of rotatable bonds is 19. The Hall–Kier alpha value is 0.177. The highest BCUT2D eigenvalue weighted by molar-refractivity contribution is 6.04. The van der Waals surface area contributed by atoms with E-state index in [1.807, 2.05) is 0 Å². The van der Waals surface area contributed by atoms with E-state index in [0.29, 0.717) is 0 Å². The maximum atomic E-state index is 3.36. The van der Waals surface area contributed by atoms with Crippen LogP contribution in [0.2, 0.25) is 0 Å². The zero-order chi connectivity index (χ0) is 16.1. The van der Waals surface area contributed by atoms with Gasteiger partial charge in [-0.05, 0) is 13.0 Å². The lowest BCUT2D eigenvalue weighted by atomic mass is 10.0. The second kappa shape index (κ2) is 21.2. The Bertz CT molecular complexity index is 165. The summed E-state index contributed by atoms with van der Waals surface area (Å²) >= 11 is 0. The minimum Gasteiger partial charge on any atom is -0.345 e. The highest BCUT2D eigenvalue weighted by Crippen LogP contribution is 2.14. The first-order chi connectivity index (χ1) is 10.9. The van der Waals surface area contributed by atoms with Crippen molar-refractivity contribution in [2.45, 2.75) is 122 Å². The number of hydrogen-bond acceptors (Lipinski definition) is 1. The van der Waals surface area contributed by atoms with Crippen molar-refractivity contribution in [3.05, 3.63) is 0 Å². The molecule has 0 saturated carbocycles. The van der Waals surface area contributed by atoms with Gasteiger partial charge in [0.05, 0.1) is 10.4 Å². The van der Waals surface area contributed by atoms with Crippen molar-refractivity contribution in [3.63, 3.8) is 0 Å². The summed E-state index contributed by atoms with van der Waals surface area (Å²) in [6.45, 7) is 3.55. The third-order valence-corrected chi connectivity index (χ3v) is 5.28. The van der Waals surface area contributed by atoms with E-state index in [0.717, 1.165) is 10.4 Å². The molecule has 0 radical (unpaired) electrons. The van der Waals surface area contributed by atoms with Gasteiger partial charge in [-0.2, -0.15) is 0 Å². The molecule has 1 N–H and O–H groups in total. The van der Waals surface area contributed by atoms with Gasteiger partial charge in [0.25, 0.3) is 0 Å². The van der Waals surface area contributed by atoms with E-state index in [2.05, 4.69) is 11.9 Å². The molecule has 0 heterocycles. The van der Waals surface area contributed by atoms with Crippen LogP contribution in [0.15, 0.2) is 0 Å².